The number of nitrogens with zero attached hydrogens (tertiary/aromatic N) is 1. The first-order valence-electron chi connectivity index (χ1n) is 11.1. The van der Waals surface area contributed by atoms with Crippen LogP contribution in [-0.2, 0) is 9.59 Å². The van der Waals surface area contributed by atoms with Gasteiger partial charge in [-0.15, -0.1) is 0 Å². The topological polar surface area (TPSA) is 78.5 Å². The number of halogens is 3. The Kier molecular flexibility index (Phi) is 7.15. The van der Waals surface area contributed by atoms with Crippen LogP contribution in [0.1, 0.15) is 41.3 Å². The maximum absolute atomic E-state index is 13.6. The molecule has 2 N–H and O–H groups in total. The highest BCUT2D eigenvalue weighted by Gasteiger charge is 2.39. The Bertz CT molecular complexity index is 1440. The number of hydrogen-bond donors (Lipinski definition) is 2. The fourth-order valence-corrected chi connectivity index (χ4v) is 4.20. The van der Waals surface area contributed by atoms with Crippen LogP contribution >= 0.6 is 23.2 Å². The number of benzene rings is 3. The van der Waals surface area contributed by atoms with Crippen molar-refractivity contribution < 1.29 is 18.8 Å². The summed E-state index contributed by atoms with van der Waals surface area (Å²) in [5.74, 6) is -2.30. The number of nitrogens with one attached hydrogen (secondary N) is 2. The number of amides is 3. The maximum atomic E-state index is 13.6. The van der Waals surface area contributed by atoms with Crippen molar-refractivity contribution in [2.45, 2.75) is 26.7 Å². The Labute approximate surface area is 217 Å². The van der Waals surface area contributed by atoms with Crippen molar-refractivity contribution in [3.05, 3.63) is 98.9 Å². The molecule has 3 aromatic rings. The van der Waals surface area contributed by atoms with Crippen LogP contribution in [0.25, 0.3) is 0 Å². The Morgan fingerprint density at radius 3 is 2.36 bits per heavy atom. The summed E-state index contributed by atoms with van der Waals surface area (Å²) in [7, 11) is 0. The minimum absolute atomic E-state index is 0.0834. The van der Waals surface area contributed by atoms with Crippen molar-refractivity contribution in [3.63, 3.8) is 0 Å². The largest absolute Gasteiger partial charge is 0.349 e. The molecule has 6 nitrogen and oxygen atoms in total. The molecule has 3 amide bonds. The van der Waals surface area contributed by atoms with E-state index in [2.05, 4.69) is 10.6 Å². The SMILES string of the molecule is Cc1ccc(C(=O)Nc2ccccc2C(C)C)cc1NC1=C(Cl)C(=O)N(c2ccc(F)c(Cl)c2)C1=O. The predicted octanol–water partition coefficient (Wildman–Crippen LogP) is 6.60. The zero-order chi connectivity index (χ0) is 26.1. The molecule has 184 valence electrons. The van der Waals surface area contributed by atoms with Crippen LogP contribution in [0, 0.1) is 12.7 Å². The van der Waals surface area contributed by atoms with E-state index in [9.17, 15) is 18.8 Å². The quantitative estimate of drug-likeness (QED) is 0.355. The average molecular weight is 526 g/mol. The highest BCUT2D eigenvalue weighted by Crippen LogP contribution is 2.33. The summed E-state index contributed by atoms with van der Waals surface area (Å²) in [5.41, 5.74) is 3.13. The van der Waals surface area contributed by atoms with E-state index in [0.717, 1.165) is 22.1 Å². The molecule has 3 aromatic carbocycles. The summed E-state index contributed by atoms with van der Waals surface area (Å²) in [6.07, 6.45) is 0. The van der Waals surface area contributed by atoms with Gasteiger partial charge in [0.2, 0.25) is 0 Å². The molecule has 0 saturated heterocycles. The van der Waals surface area contributed by atoms with Gasteiger partial charge in [-0.25, -0.2) is 9.29 Å². The van der Waals surface area contributed by atoms with Gasteiger partial charge in [-0.2, -0.15) is 0 Å². The lowest BCUT2D eigenvalue weighted by Gasteiger charge is -2.17. The second-order valence-electron chi connectivity index (χ2n) is 8.58. The molecule has 0 aromatic heterocycles. The van der Waals surface area contributed by atoms with Gasteiger partial charge in [0.05, 0.1) is 10.7 Å². The van der Waals surface area contributed by atoms with Gasteiger partial charge in [0.1, 0.15) is 16.5 Å². The van der Waals surface area contributed by atoms with Crippen LogP contribution in [0.4, 0.5) is 21.5 Å². The third kappa shape index (κ3) is 4.85. The second kappa shape index (κ2) is 10.1. The molecule has 0 radical (unpaired) electrons. The van der Waals surface area contributed by atoms with Crippen LogP contribution in [0.2, 0.25) is 5.02 Å². The second-order valence-corrected chi connectivity index (χ2v) is 9.37. The number of anilines is 3. The van der Waals surface area contributed by atoms with E-state index in [1.807, 2.05) is 38.1 Å². The number of carbonyl (C=O) groups excluding carboxylic acids is 3. The van der Waals surface area contributed by atoms with Crippen molar-refractivity contribution in [3.8, 4) is 0 Å². The minimum atomic E-state index is -0.774. The molecular formula is C27H22Cl2FN3O3. The van der Waals surface area contributed by atoms with Crippen molar-refractivity contribution >= 4 is 58.0 Å². The fraction of sp³-hybridized carbons (Fsp3) is 0.148. The molecular weight excluding hydrogens is 504 g/mol. The van der Waals surface area contributed by atoms with Crippen molar-refractivity contribution in [1.29, 1.82) is 0 Å². The summed E-state index contributed by atoms with van der Waals surface area (Å²) >= 11 is 12.0. The molecule has 0 spiro atoms. The van der Waals surface area contributed by atoms with E-state index in [1.165, 1.54) is 12.1 Å². The lowest BCUT2D eigenvalue weighted by Crippen LogP contribution is -2.32. The number of hydrogen-bond acceptors (Lipinski definition) is 4. The lowest BCUT2D eigenvalue weighted by atomic mass is 10.0. The zero-order valence-electron chi connectivity index (χ0n) is 19.7. The first kappa shape index (κ1) is 25.4. The first-order valence-corrected chi connectivity index (χ1v) is 11.9. The van der Waals surface area contributed by atoms with E-state index in [4.69, 9.17) is 23.2 Å². The van der Waals surface area contributed by atoms with E-state index < -0.39 is 17.6 Å². The summed E-state index contributed by atoms with van der Waals surface area (Å²) in [6, 6.07) is 16.0. The van der Waals surface area contributed by atoms with Gasteiger partial charge in [0, 0.05) is 16.9 Å². The molecule has 4 rings (SSSR count). The van der Waals surface area contributed by atoms with Crippen molar-refractivity contribution in [2.24, 2.45) is 0 Å². The van der Waals surface area contributed by atoms with E-state index in [-0.39, 0.29) is 33.3 Å². The smallest absolute Gasteiger partial charge is 0.283 e. The van der Waals surface area contributed by atoms with Crippen LogP contribution in [-0.4, -0.2) is 17.7 Å². The monoisotopic (exact) mass is 525 g/mol. The molecule has 0 bridgehead atoms. The molecule has 0 fully saturated rings. The van der Waals surface area contributed by atoms with Crippen molar-refractivity contribution in [2.75, 3.05) is 15.5 Å². The highest BCUT2D eigenvalue weighted by atomic mass is 35.5. The molecule has 1 aliphatic rings. The Morgan fingerprint density at radius 2 is 1.67 bits per heavy atom. The molecule has 1 heterocycles. The lowest BCUT2D eigenvalue weighted by molar-refractivity contribution is -0.120. The molecule has 0 atom stereocenters. The van der Waals surface area contributed by atoms with Gasteiger partial charge in [-0.1, -0.05) is 61.3 Å². The van der Waals surface area contributed by atoms with Crippen molar-refractivity contribution in [1.82, 2.24) is 0 Å². The molecule has 0 saturated carbocycles. The number of imide groups is 1. The summed E-state index contributed by atoms with van der Waals surface area (Å²) in [5, 5.41) is 5.27. The standard InChI is InChI=1S/C27H22Cl2FN3O3/c1-14(2)18-6-4-5-7-21(18)32-25(34)16-9-8-15(3)22(12-16)31-24-23(29)26(35)33(27(24)36)17-10-11-20(30)19(28)13-17/h4-14,31H,1-3H3,(H,32,34). The Morgan fingerprint density at radius 1 is 0.944 bits per heavy atom. The third-order valence-electron chi connectivity index (χ3n) is 5.78. The molecule has 0 aliphatic carbocycles. The Balaban J connectivity index is 1.60. The molecule has 36 heavy (non-hydrogen) atoms. The summed E-state index contributed by atoms with van der Waals surface area (Å²) < 4.78 is 13.6. The minimum Gasteiger partial charge on any atom is -0.349 e. The van der Waals surface area contributed by atoms with Crippen LogP contribution < -0.4 is 15.5 Å². The van der Waals surface area contributed by atoms with Crippen LogP contribution in [0.5, 0.6) is 0 Å². The van der Waals surface area contributed by atoms with Crippen LogP contribution in [0.3, 0.4) is 0 Å². The molecule has 1 aliphatic heterocycles. The van der Waals surface area contributed by atoms with E-state index in [1.54, 1.807) is 25.1 Å². The molecule has 0 unspecified atom stereocenters. The Hall–Kier alpha value is -3.68. The highest BCUT2D eigenvalue weighted by molar-refractivity contribution is 6.53. The van der Waals surface area contributed by atoms with Gasteiger partial charge < -0.3 is 10.6 Å². The number of carbonyl (C=O) groups is 3. The number of aryl methyl sites for hydroxylation is 1. The van der Waals surface area contributed by atoms with Crippen LogP contribution in [0.15, 0.2) is 71.4 Å². The van der Waals surface area contributed by atoms with E-state index >= 15 is 0 Å². The predicted molar refractivity (Wildman–Crippen MR) is 140 cm³/mol. The van der Waals surface area contributed by atoms with Gasteiger partial charge in [0.25, 0.3) is 17.7 Å². The maximum Gasteiger partial charge on any atom is 0.283 e. The fourth-order valence-electron chi connectivity index (χ4n) is 3.81. The van der Waals surface area contributed by atoms with Gasteiger partial charge in [-0.05, 0) is 60.4 Å². The third-order valence-corrected chi connectivity index (χ3v) is 6.42. The number of para-hydroxylation sites is 1. The molecule has 9 heteroatoms. The zero-order valence-corrected chi connectivity index (χ0v) is 21.2. The number of rotatable bonds is 6. The van der Waals surface area contributed by atoms with Gasteiger partial charge in [-0.3, -0.25) is 14.4 Å². The summed E-state index contributed by atoms with van der Waals surface area (Å²) in [6.45, 7) is 5.87. The average Bonchev–Trinajstić information content (AvgIpc) is 3.05. The van der Waals surface area contributed by atoms with E-state index in [0.29, 0.717) is 16.9 Å². The van der Waals surface area contributed by atoms with Gasteiger partial charge in [0.15, 0.2) is 0 Å². The normalized spacial score (nSPS) is 13.6. The summed E-state index contributed by atoms with van der Waals surface area (Å²) in [4.78, 5) is 39.6. The first-order chi connectivity index (χ1) is 17.1. The van der Waals surface area contributed by atoms with Gasteiger partial charge >= 0.3 is 0 Å².